The van der Waals surface area contributed by atoms with Crippen LogP contribution in [0.5, 0.6) is 5.75 Å². The summed E-state index contributed by atoms with van der Waals surface area (Å²) >= 11 is 0. The number of aromatic hydroxyl groups is 1. The molecule has 1 saturated heterocycles. The van der Waals surface area contributed by atoms with Gasteiger partial charge in [0.2, 0.25) is 5.82 Å². The summed E-state index contributed by atoms with van der Waals surface area (Å²) in [5, 5.41) is 13.5. The quantitative estimate of drug-likeness (QED) is 0.899. The number of rotatable bonds is 2. The molecule has 100 valence electrons. The van der Waals surface area contributed by atoms with E-state index < -0.39 is 5.60 Å². The van der Waals surface area contributed by atoms with E-state index in [9.17, 15) is 5.11 Å². The summed E-state index contributed by atoms with van der Waals surface area (Å²) in [6.45, 7) is 2.72. The van der Waals surface area contributed by atoms with Crippen LogP contribution in [0.15, 0.2) is 28.8 Å². The molecule has 0 aliphatic carbocycles. The number of aromatic nitrogens is 2. The van der Waals surface area contributed by atoms with Gasteiger partial charge in [-0.2, -0.15) is 4.98 Å². The van der Waals surface area contributed by atoms with Crippen molar-refractivity contribution in [3.05, 3.63) is 30.1 Å². The summed E-state index contributed by atoms with van der Waals surface area (Å²) < 4.78 is 11.1. The van der Waals surface area contributed by atoms with Gasteiger partial charge >= 0.3 is 0 Å². The van der Waals surface area contributed by atoms with Crippen molar-refractivity contribution in [3.8, 4) is 17.2 Å². The first-order valence-corrected chi connectivity index (χ1v) is 6.45. The van der Waals surface area contributed by atoms with Crippen molar-refractivity contribution in [2.45, 2.75) is 31.8 Å². The summed E-state index contributed by atoms with van der Waals surface area (Å²) in [5.74, 6) is 1.16. The highest BCUT2D eigenvalue weighted by molar-refractivity contribution is 5.55. The van der Waals surface area contributed by atoms with Gasteiger partial charge in [0, 0.05) is 12.2 Å². The summed E-state index contributed by atoms with van der Waals surface area (Å²) in [6.07, 6.45) is 3.07. The molecule has 1 fully saturated rings. The average molecular weight is 260 g/mol. The second-order valence-corrected chi connectivity index (χ2v) is 5.01. The van der Waals surface area contributed by atoms with Crippen LogP contribution in [-0.4, -0.2) is 21.9 Å². The maximum absolute atomic E-state index is 9.47. The molecular formula is C14H16N2O3. The third-order valence-electron chi connectivity index (χ3n) is 3.46. The Morgan fingerprint density at radius 2 is 2.21 bits per heavy atom. The Morgan fingerprint density at radius 1 is 1.32 bits per heavy atom. The number of nitrogens with zero attached hydrogens (tertiary/aromatic N) is 2. The van der Waals surface area contributed by atoms with E-state index in [2.05, 4.69) is 10.1 Å². The van der Waals surface area contributed by atoms with E-state index >= 15 is 0 Å². The lowest BCUT2D eigenvalue weighted by Crippen LogP contribution is -2.31. The molecule has 1 unspecified atom stereocenters. The summed E-state index contributed by atoms with van der Waals surface area (Å²) in [7, 11) is 0. The van der Waals surface area contributed by atoms with Crippen molar-refractivity contribution in [1.82, 2.24) is 10.1 Å². The van der Waals surface area contributed by atoms with Gasteiger partial charge < -0.3 is 14.4 Å². The van der Waals surface area contributed by atoms with Crippen LogP contribution in [0.3, 0.4) is 0 Å². The number of phenols is 1. The fraction of sp³-hybridized carbons (Fsp3) is 0.429. The van der Waals surface area contributed by atoms with Crippen LogP contribution in [0.25, 0.3) is 11.5 Å². The van der Waals surface area contributed by atoms with Crippen molar-refractivity contribution in [3.63, 3.8) is 0 Å². The Balaban J connectivity index is 1.91. The highest BCUT2D eigenvalue weighted by Crippen LogP contribution is 2.34. The Bertz CT molecular complexity index is 574. The normalized spacial score (nSPS) is 23.4. The van der Waals surface area contributed by atoms with Crippen LogP contribution in [0, 0.1) is 0 Å². The molecule has 1 aromatic carbocycles. The molecule has 1 aromatic heterocycles. The Hall–Kier alpha value is -1.88. The van der Waals surface area contributed by atoms with E-state index in [1.807, 2.05) is 13.0 Å². The van der Waals surface area contributed by atoms with Gasteiger partial charge in [-0.3, -0.25) is 0 Å². The first kappa shape index (κ1) is 12.2. The van der Waals surface area contributed by atoms with Crippen LogP contribution in [0.2, 0.25) is 0 Å². The van der Waals surface area contributed by atoms with Gasteiger partial charge in [-0.15, -0.1) is 0 Å². The molecule has 3 rings (SSSR count). The van der Waals surface area contributed by atoms with E-state index in [0.717, 1.165) is 25.9 Å². The van der Waals surface area contributed by atoms with E-state index in [0.29, 0.717) is 17.3 Å². The minimum atomic E-state index is -0.461. The zero-order chi connectivity index (χ0) is 13.3. The fourth-order valence-corrected chi connectivity index (χ4v) is 2.30. The van der Waals surface area contributed by atoms with Crippen LogP contribution < -0.4 is 0 Å². The zero-order valence-electron chi connectivity index (χ0n) is 10.8. The summed E-state index contributed by atoms with van der Waals surface area (Å²) in [6, 6.07) is 6.77. The maximum atomic E-state index is 9.47. The van der Waals surface area contributed by atoms with Crippen LogP contribution in [-0.2, 0) is 10.3 Å². The Morgan fingerprint density at radius 3 is 2.95 bits per heavy atom. The van der Waals surface area contributed by atoms with Crippen molar-refractivity contribution >= 4 is 0 Å². The van der Waals surface area contributed by atoms with Gasteiger partial charge in [-0.25, -0.2) is 0 Å². The van der Waals surface area contributed by atoms with Crippen LogP contribution >= 0.6 is 0 Å². The minimum Gasteiger partial charge on any atom is -0.508 e. The molecule has 1 aliphatic rings. The number of hydrogen-bond acceptors (Lipinski definition) is 5. The van der Waals surface area contributed by atoms with Gasteiger partial charge in [0.15, 0.2) is 0 Å². The standard InChI is InChI=1S/C14H16N2O3/c1-14(7-2-3-8-18-14)13-15-12(19-16-13)10-5-4-6-11(17)9-10/h4-6,9,17H,2-3,7-8H2,1H3. The molecule has 0 spiro atoms. The van der Waals surface area contributed by atoms with Crippen molar-refractivity contribution < 1.29 is 14.4 Å². The van der Waals surface area contributed by atoms with Gasteiger partial charge in [0.25, 0.3) is 5.89 Å². The lowest BCUT2D eigenvalue weighted by molar-refractivity contribution is -0.0770. The van der Waals surface area contributed by atoms with Crippen LogP contribution in [0.1, 0.15) is 32.0 Å². The van der Waals surface area contributed by atoms with E-state index in [-0.39, 0.29) is 5.75 Å². The molecule has 1 aliphatic heterocycles. The van der Waals surface area contributed by atoms with Crippen molar-refractivity contribution in [2.24, 2.45) is 0 Å². The van der Waals surface area contributed by atoms with E-state index in [1.165, 1.54) is 0 Å². The molecule has 0 amide bonds. The Labute approximate surface area is 111 Å². The van der Waals surface area contributed by atoms with E-state index in [4.69, 9.17) is 9.26 Å². The monoisotopic (exact) mass is 260 g/mol. The molecule has 0 radical (unpaired) electrons. The van der Waals surface area contributed by atoms with Gasteiger partial charge in [-0.1, -0.05) is 11.2 Å². The largest absolute Gasteiger partial charge is 0.508 e. The number of hydrogen-bond donors (Lipinski definition) is 1. The molecular weight excluding hydrogens is 244 g/mol. The second kappa shape index (κ2) is 4.66. The molecule has 5 heteroatoms. The molecule has 1 N–H and O–H groups in total. The molecule has 19 heavy (non-hydrogen) atoms. The SMILES string of the molecule is CC1(c2noc(-c3cccc(O)c3)n2)CCCCO1. The molecule has 0 bridgehead atoms. The molecule has 2 aromatic rings. The predicted molar refractivity (Wildman–Crippen MR) is 68.6 cm³/mol. The second-order valence-electron chi connectivity index (χ2n) is 5.01. The lowest BCUT2D eigenvalue weighted by atomic mass is 9.95. The highest BCUT2D eigenvalue weighted by atomic mass is 16.5. The lowest BCUT2D eigenvalue weighted by Gasteiger charge is -2.30. The molecule has 2 heterocycles. The Kier molecular flexibility index (Phi) is 2.98. The highest BCUT2D eigenvalue weighted by Gasteiger charge is 2.35. The topological polar surface area (TPSA) is 68.4 Å². The maximum Gasteiger partial charge on any atom is 0.258 e. The average Bonchev–Trinajstić information content (AvgIpc) is 2.90. The molecule has 0 saturated carbocycles. The predicted octanol–water partition coefficient (Wildman–Crippen LogP) is 2.86. The van der Waals surface area contributed by atoms with Gasteiger partial charge in [-0.05, 0) is 44.4 Å². The number of ether oxygens (including phenoxy) is 1. The van der Waals surface area contributed by atoms with Crippen LogP contribution in [0.4, 0.5) is 0 Å². The van der Waals surface area contributed by atoms with E-state index in [1.54, 1.807) is 18.2 Å². The third kappa shape index (κ3) is 2.33. The number of phenolic OH excluding ortho intramolecular Hbond substituents is 1. The van der Waals surface area contributed by atoms with Crippen molar-refractivity contribution in [2.75, 3.05) is 6.61 Å². The minimum absolute atomic E-state index is 0.178. The third-order valence-corrected chi connectivity index (χ3v) is 3.46. The smallest absolute Gasteiger partial charge is 0.258 e. The fourth-order valence-electron chi connectivity index (χ4n) is 2.30. The first-order valence-electron chi connectivity index (χ1n) is 6.45. The zero-order valence-corrected chi connectivity index (χ0v) is 10.8. The molecule has 1 atom stereocenters. The van der Waals surface area contributed by atoms with Crippen molar-refractivity contribution in [1.29, 1.82) is 0 Å². The van der Waals surface area contributed by atoms with Gasteiger partial charge in [0.1, 0.15) is 11.4 Å². The summed E-state index contributed by atoms with van der Waals surface area (Å²) in [4.78, 5) is 4.40. The first-order chi connectivity index (χ1) is 9.17. The molecule has 5 nitrogen and oxygen atoms in total. The van der Waals surface area contributed by atoms with Gasteiger partial charge in [0.05, 0.1) is 0 Å². The summed E-state index contributed by atoms with van der Waals surface area (Å²) in [5.41, 5.74) is 0.245. The number of benzene rings is 1.